The molecule has 1 aliphatic heterocycles. The zero-order valence-corrected chi connectivity index (χ0v) is 9.70. The first kappa shape index (κ1) is 11.1. The van der Waals surface area contributed by atoms with Gasteiger partial charge in [-0.25, -0.2) is 0 Å². The first-order valence-electron chi connectivity index (χ1n) is 5.70. The molecule has 1 fully saturated rings. The Bertz CT molecular complexity index is 346. The number of anilines is 2. The van der Waals surface area contributed by atoms with Gasteiger partial charge in [0.05, 0.1) is 12.8 Å². The van der Waals surface area contributed by atoms with Crippen LogP contribution in [0.5, 0.6) is 5.75 Å². The van der Waals surface area contributed by atoms with Crippen molar-refractivity contribution >= 4 is 11.4 Å². The molecule has 0 radical (unpaired) electrons. The minimum Gasteiger partial charge on any atom is -0.495 e. The number of ether oxygens (including phenoxy) is 1. The summed E-state index contributed by atoms with van der Waals surface area (Å²) in [7, 11) is 1.65. The fourth-order valence-corrected chi connectivity index (χ4v) is 2.00. The molecule has 1 aromatic rings. The third kappa shape index (κ3) is 2.39. The Hall–Kier alpha value is -1.42. The molecule has 1 aliphatic rings. The van der Waals surface area contributed by atoms with Crippen molar-refractivity contribution in [2.24, 2.45) is 0 Å². The lowest BCUT2D eigenvalue weighted by atomic mass is 10.2. The van der Waals surface area contributed by atoms with E-state index in [0.29, 0.717) is 5.69 Å². The number of benzene rings is 1. The predicted octanol–water partition coefficient (Wildman–Crippen LogP) is 1.08. The second-order valence-corrected chi connectivity index (χ2v) is 4.02. The van der Waals surface area contributed by atoms with Gasteiger partial charge in [0.25, 0.3) is 0 Å². The van der Waals surface area contributed by atoms with Gasteiger partial charge in [-0.3, -0.25) is 0 Å². The number of nitrogen functional groups attached to an aromatic ring is 1. The van der Waals surface area contributed by atoms with Gasteiger partial charge in [-0.05, 0) is 25.1 Å². The highest BCUT2D eigenvalue weighted by Gasteiger charge is 2.11. The maximum Gasteiger partial charge on any atom is 0.143 e. The molecule has 0 aliphatic carbocycles. The molecule has 1 aromatic carbocycles. The van der Waals surface area contributed by atoms with Gasteiger partial charge < -0.3 is 20.7 Å². The predicted molar refractivity (Wildman–Crippen MR) is 67.1 cm³/mol. The van der Waals surface area contributed by atoms with Crippen LogP contribution < -0.4 is 20.7 Å². The molecule has 0 unspecified atom stereocenters. The topological polar surface area (TPSA) is 50.5 Å². The maximum atomic E-state index is 5.80. The van der Waals surface area contributed by atoms with E-state index in [0.717, 1.165) is 31.9 Å². The molecular formula is C12H19N3O. The number of methoxy groups -OCH3 is 1. The summed E-state index contributed by atoms with van der Waals surface area (Å²) >= 11 is 0. The zero-order valence-electron chi connectivity index (χ0n) is 9.70. The SMILES string of the molecule is COc1cc(N2CCCNCC2)ccc1N. The fourth-order valence-electron chi connectivity index (χ4n) is 2.00. The van der Waals surface area contributed by atoms with Crippen LogP contribution in [0.4, 0.5) is 11.4 Å². The van der Waals surface area contributed by atoms with Crippen LogP contribution in [0.15, 0.2) is 18.2 Å². The Labute approximate surface area is 96.4 Å². The number of nitrogens with zero attached hydrogens (tertiary/aromatic N) is 1. The molecule has 0 atom stereocenters. The third-order valence-corrected chi connectivity index (χ3v) is 2.92. The van der Waals surface area contributed by atoms with Crippen molar-refractivity contribution in [3.63, 3.8) is 0 Å². The van der Waals surface area contributed by atoms with Gasteiger partial charge in [0.2, 0.25) is 0 Å². The van der Waals surface area contributed by atoms with Gasteiger partial charge in [-0.15, -0.1) is 0 Å². The van der Waals surface area contributed by atoms with Crippen molar-refractivity contribution in [1.29, 1.82) is 0 Å². The van der Waals surface area contributed by atoms with Gasteiger partial charge in [0.15, 0.2) is 0 Å². The average molecular weight is 221 g/mol. The molecule has 1 heterocycles. The summed E-state index contributed by atoms with van der Waals surface area (Å²) in [6.07, 6.45) is 1.17. The van der Waals surface area contributed by atoms with Crippen LogP contribution in [0.1, 0.15) is 6.42 Å². The maximum absolute atomic E-state index is 5.80. The van der Waals surface area contributed by atoms with Crippen LogP contribution in [0, 0.1) is 0 Å². The molecule has 88 valence electrons. The number of nitrogens with one attached hydrogen (secondary N) is 1. The van der Waals surface area contributed by atoms with Crippen molar-refractivity contribution in [1.82, 2.24) is 5.32 Å². The average Bonchev–Trinajstić information content (AvgIpc) is 2.58. The summed E-state index contributed by atoms with van der Waals surface area (Å²) in [6.45, 7) is 4.25. The number of rotatable bonds is 2. The third-order valence-electron chi connectivity index (χ3n) is 2.92. The Morgan fingerprint density at radius 1 is 1.31 bits per heavy atom. The summed E-state index contributed by atoms with van der Waals surface area (Å²) < 4.78 is 5.24. The quantitative estimate of drug-likeness (QED) is 0.734. The molecule has 16 heavy (non-hydrogen) atoms. The van der Waals surface area contributed by atoms with E-state index < -0.39 is 0 Å². The van der Waals surface area contributed by atoms with Crippen LogP contribution in [0.2, 0.25) is 0 Å². The summed E-state index contributed by atoms with van der Waals surface area (Å²) in [6, 6.07) is 5.98. The molecule has 0 amide bonds. The van der Waals surface area contributed by atoms with Crippen LogP contribution in [0.3, 0.4) is 0 Å². The second-order valence-electron chi connectivity index (χ2n) is 4.02. The molecule has 4 nitrogen and oxygen atoms in total. The summed E-state index contributed by atoms with van der Waals surface area (Å²) in [5.41, 5.74) is 7.69. The van der Waals surface area contributed by atoms with Gasteiger partial charge in [0, 0.05) is 31.4 Å². The standard InChI is InChI=1S/C12H19N3O/c1-16-12-9-10(3-4-11(12)13)15-7-2-5-14-6-8-15/h3-4,9,14H,2,5-8,13H2,1H3. The smallest absolute Gasteiger partial charge is 0.143 e. The van der Waals surface area contributed by atoms with E-state index in [4.69, 9.17) is 10.5 Å². The number of hydrogen-bond donors (Lipinski definition) is 2. The van der Waals surface area contributed by atoms with Crippen molar-refractivity contribution in [2.75, 3.05) is 43.9 Å². The highest BCUT2D eigenvalue weighted by Crippen LogP contribution is 2.27. The van der Waals surface area contributed by atoms with E-state index in [1.807, 2.05) is 12.1 Å². The minimum atomic E-state index is 0.694. The molecule has 1 saturated heterocycles. The lowest BCUT2D eigenvalue weighted by molar-refractivity contribution is 0.417. The van der Waals surface area contributed by atoms with E-state index in [9.17, 15) is 0 Å². The Kier molecular flexibility index (Phi) is 3.51. The van der Waals surface area contributed by atoms with Crippen molar-refractivity contribution < 1.29 is 4.74 Å². The van der Waals surface area contributed by atoms with Crippen LogP contribution in [0.25, 0.3) is 0 Å². The molecule has 0 aromatic heterocycles. The Morgan fingerprint density at radius 2 is 2.19 bits per heavy atom. The van der Waals surface area contributed by atoms with E-state index in [2.05, 4.69) is 16.3 Å². The summed E-state index contributed by atoms with van der Waals surface area (Å²) in [4.78, 5) is 2.36. The molecule has 3 N–H and O–H groups in total. The zero-order chi connectivity index (χ0) is 11.4. The highest BCUT2D eigenvalue weighted by molar-refractivity contribution is 5.62. The second kappa shape index (κ2) is 5.07. The van der Waals surface area contributed by atoms with E-state index in [1.54, 1.807) is 7.11 Å². The van der Waals surface area contributed by atoms with Crippen molar-refractivity contribution in [3.05, 3.63) is 18.2 Å². The van der Waals surface area contributed by atoms with Gasteiger partial charge in [-0.1, -0.05) is 0 Å². The van der Waals surface area contributed by atoms with Crippen LogP contribution in [-0.4, -0.2) is 33.3 Å². The van der Waals surface area contributed by atoms with Crippen LogP contribution >= 0.6 is 0 Å². The van der Waals surface area contributed by atoms with Gasteiger partial charge >= 0.3 is 0 Å². The first-order chi connectivity index (χ1) is 7.81. The lowest BCUT2D eigenvalue weighted by Crippen LogP contribution is -2.27. The summed E-state index contributed by atoms with van der Waals surface area (Å²) in [5, 5.41) is 3.39. The highest BCUT2D eigenvalue weighted by atomic mass is 16.5. The molecule has 0 saturated carbocycles. The van der Waals surface area contributed by atoms with Crippen LogP contribution in [-0.2, 0) is 0 Å². The fraction of sp³-hybridized carbons (Fsp3) is 0.500. The number of hydrogen-bond acceptors (Lipinski definition) is 4. The Balaban J connectivity index is 2.18. The van der Waals surface area contributed by atoms with Gasteiger partial charge in [0.1, 0.15) is 5.75 Å². The Morgan fingerprint density at radius 3 is 3.00 bits per heavy atom. The van der Waals surface area contributed by atoms with E-state index >= 15 is 0 Å². The lowest BCUT2D eigenvalue weighted by Gasteiger charge is -2.23. The largest absolute Gasteiger partial charge is 0.495 e. The molecular weight excluding hydrogens is 202 g/mol. The minimum absolute atomic E-state index is 0.694. The number of nitrogens with two attached hydrogens (primary N) is 1. The summed E-state index contributed by atoms with van der Waals surface area (Å²) in [5.74, 6) is 0.759. The van der Waals surface area contributed by atoms with E-state index in [1.165, 1.54) is 12.1 Å². The molecule has 0 spiro atoms. The molecule has 4 heteroatoms. The van der Waals surface area contributed by atoms with Crippen molar-refractivity contribution in [3.8, 4) is 5.75 Å². The van der Waals surface area contributed by atoms with E-state index in [-0.39, 0.29) is 0 Å². The molecule has 0 bridgehead atoms. The monoisotopic (exact) mass is 221 g/mol. The molecule has 2 rings (SSSR count). The van der Waals surface area contributed by atoms with Gasteiger partial charge in [-0.2, -0.15) is 0 Å². The first-order valence-corrected chi connectivity index (χ1v) is 5.70. The normalized spacial score (nSPS) is 16.9. The van der Waals surface area contributed by atoms with Crippen molar-refractivity contribution in [2.45, 2.75) is 6.42 Å².